The average molecular weight is 446 g/mol. The number of hydrogen-bond donors (Lipinski definition) is 0. The Kier molecular flexibility index (Phi) is 7.30. The highest BCUT2D eigenvalue weighted by molar-refractivity contribution is 5.88. The van der Waals surface area contributed by atoms with Gasteiger partial charge < -0.3 is 9.47 Å². The van der Waals surface area contributed by atoms with Crippen molar-refractivity contribution in [3.8, 4) is 11.5 Å². The SMILES string of the molecule is Cc1c(C=CCCCOc2ccc(F)cc2F)nc2ccccc2c1OCc1ccccc1. The summed E-state index contributed by atoms with van der Waals surface area (Å²) >= 11 is 0. The van der Waals surface area contributed by atoms with Crippen LogP contribution in [0.1, 0.15) is 29.7 Å². The van der Waals surface area contributed by atoms with E-state index in [0.717, 1.165) is 46.0 Å². The van der Waals surface area contributed by atoms with Crippen LogP contribution in [-0.2, 0) is 6.61 Å². The standard InChI is InChI=1S/C28H25F2NO2/c1-20-25(13-6-3-9-17-32-27-16-15-22(29)18-24(27)30)31-26-14-8-7-12-23(26)28(20)33-19-21-10-4-2-5-11-21/h2,4-8,10-16,18H,3,9,17,19H2,1H3. The number of pyridine rings is 1. The molecular formula is C28H25F2NO2. The summed E-state index contributed by atoms with van der Waals surface area (Å²) in [6.45, 7) is 2.83. The van der Waals surface area contributed by atoms with Gasteiger partial charge in [-0.3, -0.25) is 0 Å². The molecule has 0 saturated heterocycles. The second-order valence-corrected chi connectivity index (χ2v) is 7.71. The molecule has 0 aliphatic carbocycles. The molecule has 3 nitrogen and oxygen atoms in total. The van der Waals surface area contributed by atoms with Crippen molar-refractivity contribution < 1.29 is 18.3 Å². The first-order valence-electron chi connectivity index (χ1n) is 10.9. The van der Waals surface area contributed by atoms with Crippen LogP contribution < -0.4 is 9.47 Å². The summed E-state index contributed by atoms with van der Waals surface area (Å²) in [6, 6.07) is 21.3. The lowest BCUT2D eigenvalue weighted by molar-refractivity contribution is 0.295. The van der Waals surface area contributed by atoms with Crippen molar-refractivity contribution in [2.75, 3.05) is 6.61 Å². The quantitative estimate of drug-likeness (QED) is 0.254. The highest BCUT2D eigenvalue weighted by Gasteiger charge is 2.12. The van der Waals surface area contributed by atoms with Crippen LogP contribution in [0.3, 0.4) is 0 Å². The van der Waals surface area contributed by atoms with E-state index in [1.165, 1.54) is 12.1 Å². The molecule has 0 fully saturated rings. The number of allylic oxidation sites excluding steroid dienone is 1. The second-order valence-electron chi connectivity index (χ2n) is 7.71. The van der Waals surface area contributed by atoms with Crippen LogP contribution in [0.15, 0.2) is 78.9 Å². The zero-order chi connectivity index (χ0) is 23.0. The molecule has 4 rings (SSSR count). The van der Waals surface area contributed by atoms with Crippen molar-refractivity contribution in [1.82, 2.24) is 4.98 Å². The van der Waals surface area contributed by atoms with Gasteiger partial charge in [0, 0.05) is 17.0 Å². The predicted molar refractivity (Wildman–Crippen MR) is 127 cm³/mol. The molecule has 168 valence electrons. The fraction of sp³-hybridized carbons (Fsp3) is 0.179. The van der Waals surface area contributed by atoms with Gasteiger partial charge in [0.05, 0.1) is 17.8 Å². The molecule has 0 unspecified atom stereocenters. The number of hydrogen-bond acceptors (Lipinski definition) is 3. The van der Waals surface area contributed by atoms with E-state index < -0.39 is 11.6 Å². The smallest absolute Gasteiger partial charge is 0.167 e. The van der Waals surface area contributed by atoms with Gasteiger partial charge in [-0.1, -0.05) is 48.5 Å². The molecule has 0 N–H and O–H groups in total. The Labute approximate surface area is 192 Å². The van der Waals surface area contributed by atoms with Gasteiger partial charge in [0.1, 0.15) is 18.2 Å². The minimum Gasteiger partial charge on any atom is -0.491 e. The van der Waals surface area contributed by atoms with E-state index in [0.29, 0.717) is 19.6 Å². The molecule has 0 bridgehead atoms. The Morgan fingerprint density at radius 1 is 0.909 bits per heavy atom. The van der Waals surface area contributed by atoms with Gasteiger partial charge in [0.25, 0.3) is 0 Å². The fourth-order valence-electron chi connectivity index (χ4n) is 3.54. The van der Waals surface area contributed by atoms with Crippen LogP contribution in [0.4, 0.5) is 8.78 Å². The summed E-state index contributed by atoms with van der Waals surface area (Å²) in [5.74, 6) is -0.412. The van der Waals surface area contributed by atoms with Crippen LogP contribution in [0.25, 0.3) is 17.0 Å². The summed E-state index contributed by atoms with van der Waals surface area (Å²) in [7, 11) is 0. The molecule has 3 aromatic carbocycles. The van der Waals surface area contributed by atoms with Crippen molar-refractivity contribution in [2.45, 2.75) is 26.4 Å². The molecule has 5 heteroatoms. The van der Waals surface area contributed by atoms with Crippen molar-refractivity contribution in [3.63, 3.8) is 0 Å². The molecular weight excluding hydrogens is 420 g/mol. The van der Waals surface area contributed by atoms with Crippen LogP contribution in [0.2, 0.25) is 0 Å². The van der Waals surface area contributed by atoms with E-state index in [1.807, 2.05) is 73.7 Å². The van der Waals surface area contributed by atoms with Gasteiger partial charge in [-0.15, -0.1) is 0 Å². The largest absolute Gasteiger partial charge is 0.491 e. The average Bonchev–Trinajstić information content (AvgIpc) is 2.83. The number of unbranched alkanes of at least 4 members (excludes halogenated alkanes) is 1. The lowest BCUT2D eigenvalue weighted by Crippen LogP contribution is -2.01. The van der Waals surface area contributed by atoms with Crippen LogP contribution >= 0.6 is 0 Å². The van der Waals surface area contributed by atoms with E-state index in [1.54, 1.807) is 0 Å². The maximum absolute atomic E-state index is 13.6. The normalized spacial score (nSPS) is 11.2. The molecule has 0 atom stereocenters. The Balaban J connectivity index is 1.42. The summed E-state index contributed by atoms with van der Waals surface area (Å²) in [5, 5.41) is 0.984. The van der Waals surface area contributed by atoms with Crippen LogP contribution in [-0.4, -0.2) is 11.6 Å². The molecule has 0 aliphatic rings. The lowest BCUT2D eigenvalue weighted by Gasteiger charge is -2.14. The van der Waals surface area contributed by atoms with Crippen molar-refractivity contribution in [1.29, 1.82) is 0 Å². The van der Waals surface area contributed by atoms with E-state index in [-0.39, 0.29) is 5.75 Å². The number of para-hydroxylation sites is 1. The monoisotopic (exact) mass is 445 g/mol. The number of aromatic nitrogens is 1. The van der Waals surface area contributed by atoms with Crippen molar-refractivity contribution in [2.24, 2.45) is 0 Å². The predicted octanol–water partition coefficient (Wildman–Crippen LogP) is 7.27. The van der Waals surface area contributed by atoms with E-state index in [4.69, 9.17) is 14.5 Å². The van der Waals surface area contributed by atoms with Gasteiger partial charge >= 0.3 is 0 Å². The molecule has 0 spiro atoms. The summed E-state index contributed by atoms with van der Waals surface area (Å²) < 4.78 is 38.2. The second kappa shape index (κ2) is 10.7. The topological polar surface area (TPSA) is 31.4 Å². The molecule has 33 heavy (non-hydrogen) atoms. The first-order chi connectivity index (χ1) is 16.1. The number of nitrogens with zero attached hydrogens (tertiary/aromatic N) is 1. The third-order valence-corrected chi connectivity index (χ3v) is 5.28. The Bertz CT molecular complexity index is 1260. The zero-order valence-corrected chi connectivity index (χ0v) is 18.4. The highest BCUT2D eigenvalue weighted by atomic mass is 19.1. The first kappa shape index (κ1) is 22.5. The number of halogens is 2. The lowest BCUT2D eigenvalue weighted by atomic mass is 10.1. The minimum atomic E-state index is -0.690. The molecule has 1 aromatic heterocycles. The van der Waals surface area contributed by atoms with Gasteiger partial charge in [0.15, 0.2) is 11.6 Å². The summed E-state index contributed by atoms with van der Waals surface area (Å²) in [5.41, 5.74) is 3.81. The van der Waals surface area contributed by atoms with Gasteiger partial charge in [-0.05, 0) is 55.7 Å². The maximum Gasteiger partial charge on any atom is 0.167 e. The highest BCUT2D eigenvalue weighted by Crippen LogP contribution is 2.31. The molecule has 0 aliphatic heterocycles. The number of benzene rings is 3. The van der Waals surface area contributed by atoms with Gasteiger partial charge in [-0.2, -0.15) is 0 Å². The van der Waals surface area contributed by atoms with E-state index >= 15 is 0 Å². The van der Waals surface area contributed by atoms with Crippen LogP contribution in [0, 0.1) is 18.6 Å². The first-order valence-corrected chi connectivity index (χ1v) is 10.9. The maximum atomic E-state index is 13.6. The van der Waals surface area contributed by atoms with E-state index in [9.17, 15) is 8.78 Å². The Morgan fingerprint density at radius 3 is 2.52 bits per heavy atom. The summed E-state index contributed by atoms with van der Waals surface area (Å²) in [4.78, 5) is 4.79. The molecule has 4 aromatic rings. The van der Waals surface area contributed by atoms with Gasteiger partial charge in [0.2, 0.25) is 0 Å². The molecule has 0 saturated carbocycles. The Hall–Kier alpha value is -3.73. The van der Waals surface area contributed by atoms with Crippen molar-refractivity contribution in [3.05, 3.63) is 107 Å². The third kappa shape index (κ3) is 5.75. The fourth-order valence-corrected chi connectivity index (χ4v) is 3.54. The summed E-state index contributed by atoms with van der Waals surface area (Å²) in [6.07, 6.45) is 5.43. The zero-order valence-electron chi connectivity index (χ0n) is 18.4. The number of rotatable bonds is 9. The van der Waals surface area contributed by atoms with Crippen molar-refractivity contribution >= 4 is 17.0 Å². The third-order valence-electron chi connectivity index (χ3n) is 5.28. The molecule has 0 amide bonds. The number of ether oxygens (including phenoxy) is 2. The Morgan fingerprint density at radius 2 is 1.70 bits per heavy atom. The molecule has 1 heterocycles. The van der Waals surface area contributed by atoms with E-state index in [2.05, 4.69) is 0 Å². The van der Waals surface area contributed by atoms with Crippen LogP contribution in [0.5, 0.6) is 11.5 Å². The van der Waals surface area contributed by atoms with Gasteiger partial charge in [-0.25, -0.2) is 13.8 Å². The number of fused-ring (bicyclic) bond motifs is 1. The molecule has 0 radical (unpaired) electrons. The minimum absolute atomic E-state index is 0.0626.